The van der Waals surface area contributed by atoms with Crippen LogP contribution in [0.5, 0.6) is 11.5 Å². The predicted molar refractivity (Wildman–Crippen MR) is 384 cm³/mol. The van der Waals surface area contributed by atoms with Crippen molar-refractivity contribution in [3.8, 4) is 33.8 Å². The summed E-state index contributed by atoms with van der Waals surface area (Å²) in [5.74, 6) is 1.80. The van der Waals surface area contributed by atoms with Crippen LogP contribution in [-0.4, -0.2) is 168 Å². The lowest BCUT2D eigenvalue weighted by Gasteiger charge is -2.22. The molecular weight excluding hydrogens is 1330 g/mol. The molecule has 98 heavy (non-hydrogen) atoms. The van der Waals surface area contributed by atoms with Crippen molar-refractivity contribution >= 4 is 65.2 Å². The van der Waals surface area contributed by atoms with Gasteiger partial charge < -0.3 is 69.8 Å². The molecule has 0 atom stereocenters. The summed E-state index contributed by atoms with van der Waals surface area (Å²) in [7, 11) is 4.12. The largest absolute Gasteiger partial charge is 0.490 e. The van der Waals surface area contributed by atoms with Gasteiger partial charge in [-0.1, -0.05) is 59.6 Å². The molecule has 6 aromatic rings. The van der Waals surface area contributed by atoms with E-state index in [0.29, 0.717) is 128 Å². The third-order valence-electron chi connectivity index (χ3n) is 16.8. The number of para-hydroxylation sites is 2. The number of rotatable bonds is 46. The molecule has 0 unspecified atom stereocenters. The van der Waals surface area contributed by atoms with Gasteiger partial charge in [-0.05, 0) is 198 Å². The lowest BCUT2D eigenvalue weighted by molar-refractivity contribution is 0.0171. The Hall–Kier alpha value is -6.45. The van der Waals surface area contributed by atoms with Crippen LogP contribution in [0.15, 0.2) is 132 Å². The number of nitrogens with one attached hydrogen (secondary N) is 6. The SMILES string of the molecule is CN(CCCCNC(=O)NCCOCCOCCNC(=O)NCCOCCOCCNC(=O)NCCCCN(C)Sc1ccc(Cl)c(COC2(c3cnccc3-c3ccccc3OC3CC3)CC2)c1)Sc1ccc(Cl)c(COC2(c3cnccc3-c3ccccc3OC3CC3)CC2)c1. The molecule has 6 N–H and O–H groups in total. The highest BCUT2D eigenvalue weighted by atomic mass is 35.5. The first kappa shape index (κ1) is 74.2. The lowest BCUT2D eigenvalue weighted by atomic mass is 9.96. The molecule has 4 saturated carbocycles. The maximum Gasteiger partial charge on any atom is 0.314 e. The molecule has 4 aliphatic rings. The summed E-state index contributed by atoms with van der Waals surface area (Å²) < 4.78 is 52.6. The van der Waals surface area contributed by atoms with Crippen LogP contribution >= 0.6 is 47.1 Å². The van der Waals surface area contributed by atoms with Crippen molar-refractivity contribution in [2.45, 2.75) is 123 Å². The Bertz CT molecular complexity index is 3270. The Balaban J connectivity index is 0.467. The Morgan fingerprint density at radius 2 is 0.837 bits per heavy atom. The average molecular weight is 1420 g/mol. The zero-order valence-corrected chi connectivity index (χ0v) is 59.4. The van der Waals surface area contributed by atoms with Crippen molar-refractivity contribution in [1.29, 1.82) is 0 Å². The van der Waals surface area contributed by atoms with E-state index in [9.17, 15) is 14.4 Å². The minimum atomic E-state index is -0.422. The fraction of sp³-hybridized carbons (Fsp3) is 0.493. The fourth-order valence-electron chi connectivity index (χ4n) is 10.9. The molecule has 2 aromatic heterocycles. The fourth-order valence-corrected chi connectivity index (χ4v) is 13.1. The van der Waals surface area contributed by atoms with Gasteiger partial charge in [-0.15, -0.1) is 0 Å². The number of ether oxygens (including phenoxy) is 8. The normalized spacial score (nSPS) is 15.0. The number of carbonyl (C=O) groups is 3. The van der Waals surface area contributed by atoms with Crippen molar-refractivity contribution in [3.63, 3.8) is 0 Å². The summed E-state index contributed by atoms with van der Waals surface area (Å²) >= 11 is 16.8. The molecule has 25 heteroatoms. The van der Waals surface area contributed by atoms with Gasteiger partial charge in [0.05, 0.1) is 89.5 Å². The lowest BCUT2D eigenvalue weighted by Crippen LogP contribution is -2.39. The highest BCUT2D eigenvalue weighted by molar-refractivity contribution is 7.97. The maximum atomic E-state index is 12.3. The monoisotopic (exact) mass is 1420 g/mol. The highest BCUT2D eigenvalue weighted by Gasteiger charge is 2.49. The molecule has 6 amide bonds. The summed E-state index contributed by atoms with van der Waals surface area (Å²) in [6.45, 7) is 7.72. The van der Waals surface area contributed by atoms with Crippen molar-refractivity contribution in [1.82, 2.24) is 50.5 Å². The van der Waals surface area contributed by atoms with Crippen molar-refractivity contribution in [2.75, 3.05) is 119 Å². The third kappa shape index (κ3) is 24.4. The van der Waals surface area contributed by atoms with E-state index in [1.54, 1.807) is 23.9 Å². The zero-order valence-electron chi connectivity index (χ0n) is 56.3. The van der Waals surface area contributed by atoms with E-state index in [-0.39, 0.29) is 18.1 Å². The summed E-state index contributed by atoms with van der Waals surface area (Å²) in [5.41, 5.74) is 7.51. The summed E-state index contributed by atoms with van der Waals surface area (Å²) in [6, 6.07) is 31.9. The molecule has 0 saturated heterocycles. The van der Waals surface area contributed by atoms with Crippen molar-refractivity contribution in [2.24, 2.45) is 0 Å². The molecule has 528 valence electrons. The molecule has 0 radical (unpaired) electrons. The van der Waals surface area contributed by atoms with Crippen molar-refractivity contribution in [3.05, 3.63) is 154 Å². The number of hydrogen-bond acceptors (Lipinski definition) is 17. The number of nitrogens with zero attached hydrogens (tertiary/aromatic N) is 4. The predicted octanol–water partition coefficient (Wildman–Crippen LogP) is 12.7. The standard InChI is InChI=1S/C73H94Cl2N10O11S2/c1-84(97-57-19-21-65(74)53(47-57)51-93-72(25-26-72)63-49-76-31-23-59(63)61-11-3-5-13-67(61)95-55-15-16-55)37-9-7-29-78-69(86)80-33-39-89-43-45-91-41-35-82-71(88)83-36-42-92-46-44-90-40-34-81-70(87)79-30-8-10-38-85(2)98-58-20-22-66(75)54(48-58)52-94-73(27-28-73)64-50-77-32-24-60(64)62-12-4-6-14-68(62)96-56-17-18-56/h3-6,11-14,19-24,31-32,47-50,55-56H,7-10,15-18,25-30,33-46,51-52H2,1-2H3,(H2,78,80,86)(H2,79,81,87)(H2,82,83,88). The Morgan fingerprint density at radius 3 is 1.20 bits per heavy atom. The van der Waals surface area contributed by atoms with E-state index in [4.69, 9.17) is 61.1 Å². The molecule has 0 bridgehead atoms. The van der Waals surface area contributed by atoms with Gasteiger partial charge in [-0.25, -0.2) is 23.0 Å². The first-order valence-corrected chi connectivity index (χ1v) is 36.6. The van der Waals surface area contributed by atoms with Crippen molar-refractivity contribution < 1.29 is 52.3 Å². The number of carbonyl (C=O) groups excluding carboxylic acids is 3. The zero-order chi connectivity index (χ0) is 68.2. The van der Waals surface area contributed by atoms with Gasteiger partial charge in [0.25, 0.3) is 0 Å². The average Bonchev–Trinajstić information content (AvgIpc) is 1.61. The van der Waals surface area contributed by atoms with Gasteiger partial charge in [-0.3, -0.25) is 9.97 Å². The first-order valence-electron chi connectivity index (χ1n) is 34.3. The number of halogens is 2. The minimum Gasteiger partial charge on any atom is -0.490 e. The molecule has 4 fully saturated rings. The Kier molecular flexibility index (Phi) is 29.5. The van der Waals surface area contributed by atoms with E-state index in [2.05, 4.69) is 101 Å². The van der Waals surface area contributed by atoms with E-state index in [0.717, 1.165) is 156 Å². The van der Waals surface area contributed by atoms with Crippen LogP contribution in [0.4, 0.5) is 14.4 Å². The van der Waals surface area contributed by atoms with Crippen LogP contribution < -0.4 is 41.4 Å². The quantitative estimate of drug-likeness (QED) is 0.0154. The molecule has 21 nitrogen and oxygen atoms in total. The van der Waals surface area contributed by atoms with E-state index in [1.807, 2.05) is 85.5 Å². The van der Waals surface area contributed by atoms with E-state index in [1.165, 1.54) is 0 Å². The summed E-state index contributed by atoms with van der Waals surface area (Å²) in [4.78, 5) is 48.0. The minimum absolute atomic E-state index is 0.236. The molecular formula is C73H94Cl2N10O11S2. The number of hydrogen-bond donors (Lipinski definition) is 6. The number of urea groups is 3. The maximum absolute atomic E-state index is 12.3. The smallest absolute Gasteiger partial charge is 0.314 e. The number of amides is 6. The molecule has 10 rings (SSSR count). The number of benzene rings is 4. The molecule has 0 spiro atoms. The van der Waals surface area contributed by atoms with Crippen LogP contribution in [0.1, 0.15) is 99.3 Å². The van der Waals surface area contributed by atoms with E-state index >= 15 is 0 Å². The van der Waals surface area contributed by atoms with Crippen LogP contribution in [0.3, 0.4) is 0 Å². The molecule has 0 aliphatic heterocycles. The van der Waals surface area contributed by atoms with Gasteiger partial charge >= 0.3 is 18.1 Å². The van der Waals surface area contributed by atoms with Crippen LogP contribution in [-0.2, 0) is 52.8 Å². The number of aromatic nitrogens is 2. The summed E-state index contributed by atoms with van der Waals surface area (Å²) in [5, 5.41) is 18.3. The summed E-state index contributed by atoms with van der Waals surface area (Å²) in [6.07, 6.45) is 19.6. The van der Waals surface area contributed by atoms with Crippen LogP contribution in [0.25, 0.3) is 22.3 Å². The third-order valence-corrected chi connectivity index (χ3v) is 19.5. The highest BCUT2D eigenvalue weighted by Crippen LogP contribution is 2.55. The Labute approximate surface area is 595 Å². The topological polar surface area (TPSA) is 229 Å². The molecule has 4 aliphatic carbocycles. The van der Waals surface area contributed by atoms with Gasteiger partial charge in [0.1, 0.15) is 11.5 Å². The van der Waals surface area contributed by atoms with Gasteiger partial charge in [0.15, 0.2) is 0 Å². The van der Waals surface area contributed by atoms with Crippen LogP contribution in [0, 0.1) is 0 Å². The second kappa shape index (κ2) is 38.9. The van der Waals surface area contributed by atoms with Gasteiger partial charge in [0.2, 0.25) is 0 Å². The van der Waals surface area contributed by atoms with E-state index < -0.39 is 11.2 Å². The van der Waals surface area contributed by atoms with Gasteiger partial charge in [-0.2, -0.15) is 0 Å². The second-order valence-electron chi connectivity index (χ2n) is 24.8. The van der Waals surface area contributed by atoms with Crippen LogP contribution in [0.2, 0.25) is 10.0 Å². The second-order valence-corrected chi connectivity index (χ2v) is 28.2. The number of pyridine rings is 2. The molecule has 4 aromatic carbocycles. The molecule has 2 heterocycles. The van der Waals surface area contributed by atoms with Gasteiger partial charge in [0, 0.05) is 119 Å². The number of unbranched alkanes of at least 4 members (excludes halogenated alkanes) is 2. The first-order chi connectivity index (χ1) is 47.9. The Morgan fingerprint density at radius 1 is 0.469 bits per heavy atom.